The number of anilines is 2. The zero-order valence-electron chi connectivity index (χ0n) is 31.9. The van der Waals surface area contributed by atoms with Crippen molar-refractivity contribution in [2.45, 2.75) is 49.9 Å². The first kappa shape index (κ1) is 36.0. The number of piperidine rings is 2. The minimum absolute atomic E-state index is 0.0936. The molecule has 296 valence electrons. The van der Waals surface area contributed by atoms with Crippen LogP contribution in [0.1, 0.15) is 52.4 Å². The third-order valence-corrected chi connectivity index (χ3v) is 12.4. The lowest BCUT2D eigenvalue weighted by atomic mass is 9.95. The number of methoxy groups -OCH3 is 1. The van der Waals surface area contributed by atoms with E-state index < -0.39 is 29.7 Å². The highest BCUT2D eigenvalue weighted by molar-refractivity contribution is 6.23. The summed E-state index contributed by atoms with van der Waals surface area (Å²) < 4.78 is 13.3. The molecule has 4 fully saturated rings. The molecular weight excluding hydrogens is 741 g/mol. The minimum Gasteiger partial charge on any atom is -0.497 e. The standard InChI is InChI=1S/C42H42N10O6/c1-57-29-7-9-31(10-8-29)58-30-5-2-24(3-6-30)37-36-38(43)44-23-45-39(36)52(47-37)25-14-16-48(17-15-25)27-19-50(20-27)28-21-49(22-28)26-4-11-32-33(18-26)42(56)51(41(32)55)34-12-13-35(53)46-40(34)54/h2-11,18,23,25,27-28,34H,12-17,19-22H2,1H3,(H2,43,44,45)(H,46,53,54). The molecule has 4 amide bonds. The molecule has 5 aliphatic heterocycles. The maximum absolute atomic E-state index is 13.3. The van der Waals surface area contributed by atoms with E-state index in [2.05, 4.69) is 30.0 Å². The van der Waals surface area contributed by atoms with Gasteiger partial charge in [-0.2, -0.15) is 5.10 Å². The van der Waals surface area contributed by atoms with Gasteiger partial charge in [-0.3, -0.25) is 39.2 Å². The third kappa shape index (κ3) is 6.19. The Morgan fingerprint density at radius 3 is 2.12 bits per heavy atom. The maximum atomic E-state index is 13.3. The van der Waals surface area contributed by atoms with Crippen LogP contribution in [0.3, 0.4) is 0 Å². The maximum Gasteiger partial charge on any atom is 0.262 e. The van der Waals surface area contributed by atoms with E-state index in [0.717, 1.165) is 90.7 Å². The van der Waals surface area contributed by atoms with Gasteiger partial charge in [-0.05, 0) is 86.0 Å². The number of nitrogens with zero attached hydrogens (tertiary/aromatic N) is 8. The van der Waals surface area contributed by atoms with Crippen LogP contribution in [0.5, 0.6) is 17.2 Å². The molecule has 5 aromatic rings. The van der Waals surface area contributed by atoms with Gasteiger partial charge >= 0.3 is 0 Å². The molecule has 1 atom stereocenters. The first-order valence-electron chi connectivity index (χ1n) is 19.7. The molecule has 5 aliphatic rings. The van der Waals surface area contributed by atoms with Gasteiger partial charge in [0.2, 0.25) is 11.8 Å². The molecule has 3 N–H and O–H groups in total. The Hall–Kier alpha value is -6.39. The van der Waals surface area contributed by atoms with Crippen molar-refractivity contribution in [3.8, 4) is 28.5 Å². The molecule has 3 aromatic carbocycles. The van der Waals surface area contributed by atoms with E-state index in [1.165, 1.54) is 6.33 Å². The lowest BCUT2D eigenvalue weighted by molar-refractivity contribution is -0.136. The lowest BCUT2D eigenvalue weighted by Crippen LogP contribution is -2.70. The number of carbonyl (C=O) groups is 4. The highest BCUT2D eigenvalue weighted by Gasteiger charge is 2.46. The zero-order chi connectivity index (χ0) is 39.7. The van der Waals surface area contributed by atoms with Crippen LogP contribution in [0.2, 0.25) is 0 Å². The average Bonchev–Trinajstić information content (AvgIpc) is 3.71. The number of ether oxygens (including phenoxy) is 2. The van der Waals surface area contributed by atoms with Gasteiger partial charge in [0, 0.05) is 69.0 Å². The van der Waals surface area contributed by atoms with E-state index in [-0.39, 0.29) is 18.9 Å². The topological polar surface area (TPSA) is 181 Å². The van der Waals surface area contributed by atoms with Crippen LogP contribution < -0.4 is 25.4 Å². The summed E-state index contributed by atoms with van der Waals surface area (Å²) in [5.74, 6) is 0.625. The molecule has 16 nitrogen and oxygen atoms in total. The third-order valence-electron chi connectivity index (χ3n) is 12.4. The SMILES string of the molecule is COc1ccc(Oc2ccc(-c3nn(C4CCN(C5CN(C6CN(c7ccc8c(c7)C(=O)N(C7CCC(=O)NC7=O)C8=O)C6)C5)CC4)c4ncnc(N)c34)cc2)cc1. The van der Waals surface area contributed by atoms with Crippen molar-refractivity contribution >= 4 is 46.2 Å². The lowest BCUT2D eigenvalue weighted by Gasteiger charge is -2.55. The average molecular weight is 783 g/mol. The molecule has 0 radical (unpaired) electrons. The smallest absolute Gasteiger partial charge is 0.262 e. The first-order valence-corrected chi connectivity index (χ1v) is 19.7. The van der Waals surface area contributed by atoms with Crippen LogP contribution in [0.25, 0.3) is 22.3 Å². The van der Waals surface area contributed by atoms with E-state index in [1.54, 1.807) is 19.2 Å². The number of carbonyl (C=O) groups excluding carboxylic acids is 4. The van der Waals surface area contributed by atoms with Gasteiger partial charge in [-0.15, -0.1) is 0 Å². The van der Waals surface area contributed by atoms with Gasteiger partial charge in [0.25, 0.3) is 11.8 Å². The fourth-order valence-corrected chi connectivity index (χ4v) is 8.98. The zero-order valence-corrected chi connectivity index (χ0v) is 31.9. The van der Waals surface area contributed by atoms with Crippen molar-refractivity contribution < 1.29 is 28.7 Å². The molecule has 4 saturated heterocycles. The molecule has 0 aliphatic carbocycles. The van der Waals surface area contributed by atoms with Crippen molar-refractivity contribution in [2.75, 3.05) is 57.0 Å². The second-order valence-electron chi connectivity index (χ2n) is 15.7. The molecule has 0 bridgehead atoms. The number of imide groups is 2. The molecule has 10 rings (SSSR count). The van der Waals surface area contributed by atoms with Crippen LogP contribution >= 0.6 is 0 Å². The van der Waals surface area contributed by atoms with Gasteiger partial charge in [-0.1, -0.05) is 0 Å². The number of hydrogen-bond donors (Lipinski definition) is 2. The number of nitrogens with one attached hydrogen (secondary N) is 1. The van der Waals surface area contributed by atoms with E-state index >= 15 is 0 Å². The fourth-order valence-electron chi connectivity index (χ4n) is 8.98. The number of nitrogens with two attached hydrogens (primary N) is 1. The largest absolute Gasteiger partial charge is 0.497 e. The normalized spacial score (nSPS) is 20.9. The second-order valence-corrected chi connectivity index (χ2v) is 15.7. The highest BCUT2D eigenvalue weighted by Crippen LogP contribution is 2.38. The van der Waals surface area contributed by atoms with Gasteiger partial charge in [0.1, 0.15) is 41.1 Å². The Labute approximate surface area is 333 Å². The van der Waals surface area contributed by atoms with Crippen LogP contribution in [0.15, 0.2) is 73.1 Å². The van der Waals surface area contributed by atoms with E-state index in [0.29, 0.717) is 40.5 Å². The fraction of sp³-hybridized carbons (Fsp3) is 0.357. The number of fused-ring (bicyclic) bond motifs is 2. The second kappa shape index (κ2) is 14.2. The van der Waals surface area contributed by atoms with Gasteiger partial charge in [0.05, 0.1) is 29.7 Å². The molecule has 58 heavy (non-hydrogen) atoms. The Bertz CT molecular complexity index is 2450. The van der Waals surface area contributed by atoms with Crippen LogP contribution in [-0.4, -0.2) is 123 Å². The van der Waals surface area contributed by atoms with Crippen molar-refractivity contribution in [3.63, 3.8) is 0 Å². The molecule has 16 heteroatoms. The Morgan fingerprint density at radius 1 is 0.741 bits per heavy atom. The molecule has 1 unspecified atom stereocenters. The van der Waals surface area contributed by atoms with Crippen molar-refractivity contribution in [1.29, 1.82) is 0 Å². The van der Waals surface area contributed by atoms with Crippen LogP contribution in [-0.2, 0) is 9.59 Å². The van der Waals surface area contributed by atoms with Gasteiger partial charge in [0.15, 0.2) is 5.65 Å². The number of benzene rings is 3. The Balaban J connectivity index is 0.736. The Kier molecular flexibility index (Phi) is 8.82. The molecule has 0 spiro atoms. The summed E-state index contributed by atoms with van der Waals surface area (Å²) in [7, 11) is 1.63. The van der Waals surface area contributed by atoms with Crippen molar-refractivity contribution in [1.82, 2.24) is 39.8 Å². The van der Waals surface area contributed by atoms with Crippen molar-refractivity contribution in [3.05, 3.63) is 84.2 Å². The van der Waals surface area contributed by atoms with Crippen molar-refractivity contribution in [2.24, 2.45) is 0 Å². The first-order chi connectivity index (χ1) is 28.2. The number of rotatable bonds is 9. The van der Waals surface area contributed by atoms with E-state index in [4.69, 9.17) is 20.3 Å². The number of amides is 4. The van der Waals surface area contributed by atoms with Gasteiger partial charge < -0.3 is 20.1 Å². The predicted molar refractivity (Wildman–Crippen MR) is 213 cm³/mol. The number of likely N-dealkylation sites (tertiary alicyclic amines) is 2. The summed E-state index contributed by atoms with van der Waals surface area (Å²) in [5, 5.41) is 8.11. The molecule has 2 aromatic heterocycles. The van der Waals surface area contributed by atoms with Crippen LogP contribution in [0.4, 0.5) is 11.5 Å². The monoisotopic (exact) mass is 782 g/mol. The predicted octanol–water partition coefficient (Wildman–Crippen LogP) is 3.49. The molecule has 0 saturated carbocycles. The summed E-state index contributed by atoms with van der Waals surface area (Å²) in [5.41, 5.74) is 10.3. The Morgan fingerprint density at radius 2 is 1.41 bits per heavy atom. The summed E-state index contributed by atoms with van der Waals surface area (Å²) in [6.07, 6.45) is 3.63. The highest BCUT2D eigenvalue weighted by atomic mass is 16.5. The minimum atomic E-state index is -0.971. The number of hydrogen-bond acceptors (Lipinski definition) is 13. The van der Waals surface area contributed by atoms with E-state index in [9.17, 15) is 19.2 Å². The molecular formula is C42H42N10O6. The number of nitrogen functional groups attached to an aromatic ring is 1. The molecule has 7 heterocycles. The summed E-state index contributed by atoms with van der Waals surface area (Å²) >= 11 is 0. The quantitative estimate of drug-likeness (QED) is 0.208. The number of aromatic nitrogens is 4. The summed E-state index contributed by atoms with van der Waals surface area (Å²) in [6.45, 7) is 5.63. The van der Waals surface area contributed by atoms with Crippen LogP contribution in [0, 0.1) is 0 Å². The van der Waals surface area contributed by atoms with Gasteiger partial charge in [-0.25, -0.2) is 14.6 Å². The summed E-state index contributed by atoms with van der Waals surface area (Å²) in [6, 6.07) is 20.7. The summed E-state index contributed by atoms with van der Waals surface area (Å²) in [4.78, 5) is 67.8. The van der Waals surface area contributed by atoms with E-state index in [1.807, 2.05) is 59.3 Å².